The number of hydrogen-bond donors (Lipinski definition) is 2. The number of halogens is 1. The monoisotopic (exact) mass is 548 g/mol. The van der Waals surface area contributed by atoms with E-state index in [0.717, 1.165) is 44.5 Å². The minimum atomic E-state index is 0. The number of aliphatic imine (C=N–C) groups is 1. The number of aromatic nitrogens is 1. The fraction of sp³-hybridized carbons (Fsp3) is 0.520. The van der Waals surface area contributed by atoms with Gasteiger partial charge in [-0.3, -0.25) is 4.90 Å². The molecule has 0 aliphatic carbocycles. The Morgan fingerprint density at radius 2 is 1.84 bits per heavy atom. The molecular weight excluding hydrogens is 511 g/mol. The van der Waals surface area contributed by atoms with E-state index >= 15 is 0 Å². The number of nitrogens with zero attached hydrogens (tertiary/aromatic N) is 4. The van der Waals surface area contributed by atoms with Crippen molar-refractivity contribution in [3.8, 4) is 0 Å². The van der Waals surface area contributed by atoms with E-state index in [1.54, 1.807) is 0 Å². The summed E-state index contributed by atoms with van der Waals surface area (Å²) >= 11 is 0. The number of pyridine rings is 1. The van der Waals surface area contributed by atoms with Crippen LogP contribution < -0.4 is 15.5 Å². The quantitative estimate of drug-likeness (QED) is 0.297. The van der Waals surface area contributed by atoms with Crippen LogP contribution in [-0.2, 0) is 13.1 Å². The minimum absolute atomic E-state index is 0. The molecule has 6 nitrogen and oxygen atoms in total. The van der Waals surface area contributed by atoms with Gasteiger partial charge in [0.25, 0.3) is 0 Å². The third-order valence-electron chi connectivity index (χ3n) is 6.24. The average molecular weight is 549 g/mol. The Bertz CT molecular complexity index is 837. The Morgan fingerprint density at radius 1 is 1.03 bits per heavy atom. The molecule has 0 spiro atoms. The summed E-state index contributed by atoms with van der Waals surface area (Å²) in [7, 11) is 0. The summed E-state index contributed by atoms with van der Waals surface area (Å²) < 4.78 is 0. The van der Waals surface area contributed by atoms with E-state index in [2.05, 4.69) is 74.8 Å². The van der Waals surface area contributed by atoms with Gasteiger partial charge in [0.1, 0.15) is 5.82 Å². The molecule has 3 heterocycles. The lowest BCUT2D eigenvalue weighted by Crippen LogP contribution is -2.44. The van der Waals surface area contributed by atoms with Crippen molar-refractivity contribution < 1.29 is 0 Å². The van der Waals surface area contributed by atoms with Crippen LogP contribution in [0.25, 0.3) is 0 Å². The molecule has 1 aromatic carbocycles. The van der Waals surface area contributed by atoms with Crippen LogP contribution in [0.3, 0.4) is 0 Å². The van der Waals surface area contributed by atoms with Crippen molar-refractivity contribution in [2.24, 2.45) is 4.99 Å². The number of benzene rings is 1. The van der Waals surface area contributed by atoms with Crippen LogP contribution in [0, 0.1) is 0 Å². The molecule has 0 bridgehead atoms. The van der Waals surface area contributed by atoms with Gasteiger partial charge >= 0.3 is 0 Å². The van der Waals surface area contributed by atoms with Crippen LogP contribution >= 0.6 is 24.0 Å². The summed E-state index contributed by atoms with van der Waals surface area (Å²) in [6.07, 6.45) is 6.95. The van der Waals surface area contributed by atoms with Gasteiger partial charge in [0, 0.05) is 45.0 Å². The number of guanidine groups is 1. The Hall–Kier alpha value is -1.87. The molecule has 2 N–H and O–H groups in total. The molecule has 32 heavy (non-hydrogen) atoms. The first-order valence-corrected chi connectivity index (χ1v) is 11.8. The fourth-order valence-electron chi connectivity index (χ4n) is 4.56. The number of rotatable bonds is 8. The number of likely N-dealkylation sites (tertiary alicyclic amines) is 1. The highest BCUT2D eigenvalue weighted by Gasteiger charge is 2.24. The Kier molecular flexibility index (Phi) is 10.1. The lowest BCUT2D eigenvalue weighted by molar-refractivity contribution is 0.245. The van der Waals surface area contributed by atoms with Crippen molar-refractivity contribution >= 4 is 35.8 Å². The number of anilines is 1. The third kappa shape index (κ3) is 7.07. The van der Waals surface area contributed by atoms with Gasteiger partial charge in [-0.1, -0.05) is 30.3 Å². The van der Waals surface area contributed by atoms with Crippen LogP contribution in [0.5, 0.6) is 0 Å². The Balaban J connectivity index is 0.00000289. The summed E-state index contributed by atoms with van der Waals surface area (Å²) in [5.74, 6) is 1.99. The van der Waals surface area contributed by atoms with E-state index in [-0.39, 0.29) is 24.0 Å². The van der Waals surface area contributed by atoms with Crippen LogP contribution in [0.2, 0.25) is 0 Å². The molecular formula is C25H37IN6. The average Bonchev–Trinajstić information content (AvgIpc) is 3.49. The van der Waals surface area contributed by atoms with E-state index in [1.807, 2.05) is 6.20 Å². The summed E-state index contributed by atoms with van der Waals surface area (Å²) in [6, 6.07) is 15.6. The van der Waals surface area contributed by atoms with Crippen molar-refractivity contribution in [3.63, 3.8) is 0 Å². The van der Waals surface area contributed by atoms with Crippen molar-refractivity contribution in [2.45, 2.75) is 51.7 Å². The SMILES string of the molecule is CCNC(=NCc1ccnc(N2CCCC2)c1)NCC1CCCN1Cc1ccccc1.I. The van der Waals surface area contributed by atoms with E-state index in [1.165, 1.54) is 43.4 Å². The van der Waals surface area contributed by atoms with Gasteiger partial charge in [-0.2, -0.15) is 0 Å². The molecule has 0 saturated carbocycles. The zero-order valence-corrected chi connectivity index (χ0v) is 21.5. The molecule has 2 aliphatic rings. The molecule has 4 rings (SSSR count). The van der Waals surface area contributed by atoms with Crippen molar-refractivity contribution in [1.82, 2.24) is 20.5 Å². The molecule has 1 aromatic heterocycles. The first kappa shape index (κ1) is 24.8. The largest absolute Gasteiger partial charge is 0.357 e. The highest BCUT2D eigenvalue weighted by Crippen LogP contribution is 2.20. The van der Waals surface area contributed by atoms with Gasteiger partial charge in [0.15, 0.2) is 5.96 Å². The second kappa shape index (κ2) is 13.0. The Morgan fingerprint density at radius 3 is 2.62 bits per heavy atom. The summed E-state index contributed by atoms with van der Waals surface area (Å²) in [5, 5.41) is 6.99. The molecule has 2 aromatic rings. The smallest absolute Gasteiger partial charge is 0.191 e. The zero-order chi connectivity index (χ0) is 21.3. The van der Waals surface area contributed by atoms with Gasteiger partial charge in [-0.15, -0.1) is 24.0 Å². The molecule has 174 valence electrons. The summed E-state index contributed by atoms with van der Waals surface area (Å²) in [4.78, 5) is 14.4. The van der Waals surface area contributed by atoms with Crippen molar-refractivity contribution in [3.05, 3.63) is 59.8 Å². The summed E-state index contributed by atoms with van der Waals surface area (Å²) in [6.45, 7) is 9.00. The van der Waals surface area contributed by atoms with Gasteiger partial charge in [-0.25, -0.2) is 9.98 Å². The topological polar surface area (TPSA) is 55.8 Å². The molecule has 1 unspecified atom stereocenters. The highest BCUT2D eigenvalue weighted by molar-refractivity contribution is 14.0. The van der Waals surface area contributed by atoms with E-state index in [9.17, 15) is 0 Å². The predicted molar refractivity (Wildman–Crippen MR) is 144 cm³/mol. The normalized spacial score (nSPS) is 19.1. The molecule has 2 aliphatic heterocycles. The standard InChI is InChI=1S/C25H36N6.HI/c1-2-26-25(28-18-22-12-13-27-24(17-22)30-14-6-7-15-30)29-19-23-11-8-16-31(23)20-21-9-4-3-5-10-21;/h3-5,9-10,12-13,17,23H,2,6-8,11,14-16,18-20H2,1H3,(H2,26,28,29);1H. The van der Waals surface area contributed by atoms with Crippen LogP contribution in [-0.4, -0.2) is 54.6 Å². The summed E-state index contributed by atoms with van der Waals surface area (Å²) in [5.41, 5.74) is 2.60. The van der Waals surface area contributed by atoms with E-state index in [0.29, 0.717) is 12.6 Å². The maximum absolute atomic E-state index is 4.85. The van der Waals surface area contributed by atoms with E-state index < -0.39 is 0 Å². The highest BCUT2D eigenvalue weighted by atomic mass is 127. The van der Waals surface area contributed by atoms with E-state index in [4.69, 9.17) is 4.99 Å². The molecule has 0 amide bonds. The lowest BCUT2D eigenvalue weighted by Gasteiger charge is -2.25. The minimum Gasteiger partial charge on any atom is -0.357 e. The lowest BCUT2D eigenvalue weighted by atomic mass is 10.2. The van der Waals surface area contributed by atoms with Crippen LogP contribution in [0.4, 0.5) is 5.82 Å². The van der Waals surface area contributed by atoms with Gasteiger partial charge in [0.2, 0.25) is 0 Å². The third-order valence-corrected chi connectivity index (χ3v) is 6.24. The van der Waals surface area contributed by atoms with Crippen LogP contribution in [0.15, 0.2) is 53.7 Å². The van der Waals surface area contributed by atoms with Crippen molar-refractivity contribution in [2.75, 3.05) is 37.6 Å². The first-order valence-electron chi connectivity index (χ1n) is 11.8. The van der Waals surface area contributed by atoms with Gasteiger partial charge < -0.3 is 15.5 Å². The van der Waals surface area contributed by atoms with Gasteiger partial charge in [-0.05, 0) is 62.4 Å². The second-order valence-corrected chi connectivity index (χ2v) is 8.54. The fourth-order valence-corrected chi connectivity index (χ4v) is 4.56. The van der Waals surface area contributed by atoms with Gasteiger partial charge in [0.05, 0.1) is 6.54 Å². The number of hydrogen-bond acceptors (Lipinski definition) is 4. The number of nitrogens with one attached hydrogen (secondary N) is 2. The maximum Gasteiger partial charge on any atom is 0.191 e. The molecule has 2 fully saturated rings. The second-order valence-electron chi connectivity index (χ2n) is 8.54. The Labute approximate surface area is 209 Å². The predicted octanol–water partition coefficient (Wildman–Crippen LogP) is 4.02. The molecule has 7 heteroatoms. The van der Waals surface area contributed by atoms with Crippen LogP contribution in [0.1, 0.15) is 43.7 Å². The molecule has 2 saturated heterocycles. The molecule has 1 atom stereocenters. The van der Waals surface area contributed by atoms with Crippen molar-refractivity contribution in [1.29, 1.82) is 0 Å². The first-order chi connectivity index (χ1) is 15.3. The zero-order valence-electron chi connectivity index (χ0n) is 19.2. The molecule has 0 radical (unpaired) electrons. The maximum atomic E-state index is 4.85.